The van der Waals surface area contributed by atoms with Crippen LogP contribution in [-0.4, -0.2) is 34.0 Å². The van der Waals surface area contributed by atoms with Crippen LogP contribution in [-0.2, 0) is 14.8 Å². The van der Waals surface area contributed by atoms with Gasteiger partial charge in [0.2, 0.25) is 5.91 Å². The summed E-state index contributed by atoms with van der Waals surface area (Å²) < 4.78 is 45.9. The number of carbonyl (C=O) groups excluding carboxylic acids is 1. The molecule has 0 aromatic heterocycles. The third-order valence-electron chi connectivity index (χ3n) is 4.24. The molecule has 9 heteroatoms. The van der Waals surface area contributed by atoms with Crippen LogP contribution < -0.4 is 14.4 Å². The van der Waals surface area contributed by atoms with E-state index in [1.807, 2.05) is 0 Å². The molecule has 0 saturated heterocycles. The molecule has 31 heavy (non-hydrogen) atoms. The third kappa shape index (κ3) is 6.19. The highest BCUT2D eigenvalue weighted by Gasteiger charge is 2.27. The number of hydrogen-bond donors (Lipinski definition) is 1. The van der Waals surface area contributed by atoms with Crippen molar-refractivity contribution in [1.29, 1.82) is 0 Å². The van der Waals surface area contributed by atoms with Crippen molar-refractivity contribution in [3.8, 4) is 5.75 Å². The minimum Gasteiger partial charge on any atom is -0.492 e. The Bertz CT molecular complexity index is 1110. The quantitative estimate of drug-likeness (QED) is 0.490. The number of hydrogen-bond acceptors (Lipinski definition) is 4. The van der Waals surface area contributed by atoms with Gasteiger partial charge in [0.1, 0.15) is 24.7 Å². The zero-order chi connectivity index (χ0) is 22.3. The summed E-state index contributed by atoms with van der Waals surface area (Å²) in [5, 5.41) is 3.23. The van der Waals surface area contributed by atoms with Crippen LogP contribution >= 0.6 is 11.6 Å². The minimum atomic E-state index is -4.08. The highest BCUT2D eigenvalue weighted by atomic mass is 35.5. The van der Waals surface area contributed by atoms with Crippen LogP contribution in [0.2, 0.25) is 5.02 Å². The number of anilines is 1. The van der Waals surface area contributed by atoms with Crippen molar-refractivity contribution >= 4 is 33.2 Å². The second-order valence-corrected chi connectivity index (χ2v) is 8.75. The van der Waals surface area contributed by atoms with E-state index in [4.69, 9.17) is 16.3 Å². The Labute approximate surface area is 185 Å². The maximum absolute atomic E-state index is 13.2. The standard InChI is InChI=1S/C22H20ClFN2O4S/c23-17-6-10-20(11-7-17)30-15-14-25-22(27)16-26(19-4-2-1-3-5-19)31(28,29)21-12-8-18(24)9-13-21/h1-13H,14-16H2,(H,25,27). The number of rotatable bonds is 9. The van der Waals surface area contributed by atoms with E-state index in [-0.39, 0.29) is 18.0 Å². The number of carbonyl (C=O) groups is 1. The first-order valence-corrected chi connectivity index (χ1v) is 11.2. The summed E-state index contributed by atoms with van der Waals surface area (Å²) in [6, 6.07) is 19.5. The molecule has 0 unspecified atom stereocenters. The van der Waals surface area contributed by atoms with E-state index in [1.54, 1.807) is 54.6 Å². The number of para-hydroxylation sites is 1. The van der Waals surface area contributed by atoms with Crippen molar-refractivity contribution in [3.63, 3.8) is 0 Å². The van der Waals surface area contributed by atoms with Gasteiger partial charge in [-0.3, -0.25) is 9.10 Å². The molecule has 0 radical (unpaired) electrons. The molecule has 3 aromatic rings. The van der Waals surface area contributed by atoms with E-state index >= 15 is 0 Å². The normalized spacial score (nSPS) is 11.0. The van der Waals surface area contributed by atoms with Crippen molar-refractivity contribution in [2.45, 2.75) is 4.90 Å². The van der Waals surface area contributed by atoms with E-state index in [1.165, 1.54) is 12.1 Å². The minimum absolute atomic E-state index is 0.114. The molecule has 0 saturated carbocycles. The van der Waals surface area contributed by atoms with Gasteiger partial charge in [0.15, 0.2) is 0 Å². The summed E-state index contributed by atoms with van der Waals surface area (Å²) in [4.78, 5) is 12.4. The average molecular weight is 463 g/mol. The first-order chi connectivity index (χ1) is 14.9. The SMILES string of the molecule is O=C(CN(c1ccccc1)S(=O)(=O)c1ccc(F)cc1)NCCOc1ccc(Cl)cc1. The lowest BCUT2D eigenvalue weighted by Gasteiger charge is -2.24. The Morgan fingerprint density at radius 2 is 1.61 bits per heavy atom. The Morgan fingerprint density at radius 3 is 2.26 bits per heavy atom. The molecule has 1 amide bonds. The van der Waals surface area contributed by atoms with Crippen molar-refractivity contribution in [3.05, 3.63) is 89.7 Å². The van der Waals surface area contributed by atoms with Crippen LogP contribution in [0.25, 0.3) is 0 Å². The smallest absolute Gasteiger partial charge is 0.264 e. The van der Waals surface area contributed by atoms with Crippen LogP contribution in [0.1, 0.15) is 0 Å². The Kier molecular flexibility index (Phi) is 7.49. The molecule has 0 aliphatic heterocycles. The lowest BCUT2D eigenvalue weighted by atomic mass is 10.3. The second kappa shape index (κ2) is 10.3. The van der Waals surface area contributed by atoms with Crippen LogP contribution in [0.15, 0.2) is 83.8 Å². The fourth-order valence-electron chi connectivity index (χ4n) is 2.72. The Balaban J connectivity index is 1.66. The molecule has 0 heterocycles. The Morgan fingerprint density at radius 1 is 0.968 bits per heavy atom. The molecule has 3 aromatic carbocycles. The van der Waals surface area contributed by atoms with Gasteiger partial charge >= 0.3 is 0 Å². The van der Waals surface area contributed by atoms with E-state index in [2.05, 4.69) is 5.32 Å². The van der Waals surface area contributed by atoms with Gasteiger partial charge in [0.05, 0.1) is 17.1 Å². The largest absolute Gasteiger partial charge is 0.492 e. The molecule has 162 valence electrons. The number of sulfonamides is 1. The van der Waals surface area contributed by atoms with Crippen LogP contribution in [0.3, 0.4) is 0 Å². The lowest BCUT2D eigenvalue weighted by molar-refractivity contribution is -0.119. The highest BCUT2D eigenvalue weighted by molar-refractivity contribution is 7.92. The number of ether oxygens (including phenoxy) is 1. The summed E-state index contributed by atoms with van der Waals surface area (Å²) >= 11 is 5.82. The molecule has 0 aliphatic rings. The molecule has 0 spiro atoms. The number of amides is 1. The number of nitrogens with zero attached hydrogens (tertiary/aromatic N) is 1. The molecular weight excluding hydrogens is 443 g/mol. The van der Waals surface area contributed by atoms with E-state index in [0.29, 0.717) is 16.5 Å². The molecule has 0 aliphatic carbocycles. The first-order valence-electron chi connectivity index (χ1n) is 9.35. The number of nitrogens with one attached hydrogen (secondary N) is 1. The van der Waals surface area contributed by atoms with Gasteiger partial charge in [0, 0.05) is 5.02 Å². The van der Waals surface area contributed by atoms with Crippen molar-refractivity contribution in [2.24, 2.45) is 0 Å². The van der Waals surface area contributed by atoms with Gasteiger partial charge in [-0.05, 0) is 60.7 Å². The predicted octanol–water partition coefficient (Wildman–Crippen LogP) is 3.87. The molecule has 1 N–H and O–H groups in total. The van der Waals surface area contributed by atoms with Crippen molar-refractivity contribution < 1.29 is 22.3 Å². The monoisotopic (exact) mass is 462 g/mol. The van der Waals surface area contributed by atoms with Crippen LogP contribution in [0, 0.1) is 5.82 Å². The molecule has 0 atom stereocenters. The van der Waals surface area contributed by atoms with E-state index < -0.39 is 28.3 Å². The van der Waals surface area contributed by atoms with Crippen LogP contribution in [0.5, 0.6) is 5.75 Å². The Hall–Kier alpha value is -3.10. The number of benzene rings is 3. The first kappa shape index (κ1) is 22.6. The third-order valence-corrected chi connectivity index (χ3v) is 6.28. The molecule has 0 bridgehead atoms. The summed E-state index contributed by atoms with van der Waals surface area (Å²) in [6.45, 7) is -0.0607. The fraction of sp³-hybridized carbons (Fsp3) is 0.136. The van der Waals surface area contributed by atoms with Gasteiger partial charge in [-0.25, -0.2) is 12.8 Å². The van der Waals surface area contributed by atoms with Crippen LogP contribution in [0.4, 0.5) is 10.1 Å². The summed E-state index contributed by atoms with van der Waals surface area (Å²) in [5.74, 6) is -0.457. The molecular formula is C22H20ClFN2O4S. The van der Waals surface area contributed by atoms with Gasteiger partial charge in [-0.2, -0.15) is 0 Å². The summed E-state index contributed by atoms with van der Waals surface area (Å²) in [6.07, 6.45) is 0. The van der Waals surface area contributed by atoms with Gasteiger partial charge in [0.25, 0.3) is 10.0 Å². The van der Waals surface area contributed by atoms with E-state index in [9.17, 15) is 17.6 Å². The zero-order valence-corrected chi connectivity index (χ0v) is 17.9. The molecule has 6 nitrogen and oxygen atoms in total. The van der Waals surface area contributed by atoms with Crippen molar-refractivity contribution in [2.75, 3.05) is 24.0 Å². The topological polar surface area (TPSA) is 75.7 Å². The fourth-order valence-corrected chi connectivity index (χ4v) is 4.27. The van der Waals surface area contributed by atoms with Gasteiger partial charge in [-0.1, -0.05) is 29.8 Å². The predicted molar refractivity (Wildman–Crippen MR) is 117 cm³/mol. The highest BCUT2D eigenvalue weighted by Crippen LogP contribution is 2.23. The summed E-state index contributed by atoms with van der Waals surface area (Å²) in [5.41, 5.74) is 0.319. The maximum Gasteiger partial charge on any atom is 0.264 e. The summed E-state index contributed by atoms with van der Waals surface area (Å²) in [7, 11) is -4.08. The van der Waals surface area contributed by atoms with Gasteiger partial charge < -0.3 is 10.1 Å². The lowest BCUT2D eigenvalue weighted by Crippen LogP contribution is -2.41. The molecule has 0 fully saturated rings. The zero-order valence-electron chi connectivity index (χ0n) is 16.4. The van der Waals surface area contributed by atoms with Gasteiger partial charge in [-0.15, -0.1) is 0 Å². The average Bonchev–Trinajstić information content (AvgIpc) is 2.77. The molecule has 3 rings (SSSR count). The second-order valence-electron chi connectivity index (χ2n) is 6.45. The van der Waals surface area contributed by atoms with Crippen molar-refractivity contribution in [1.82, 2.24) is 5.32 Å². The van der Waals surface area contributed by atoms with E-state index in [0.717, 1.165) is 16.4 Å². The maximum atomic E-state index is 13.2. The number of halogens is 2.